The monoisotopic (exact) mass is 291 g/mol. The molecule has 0 fully saturated rings. The van der Waals surface area contributed by atoms with E-state index in [4.69, 9.17) is 5.26 Å². The lowest BCUT2D eigenvalue weighted by Gasteiger charge is -2.03. The maximum absolute atomic E-state index is 12.5. The molecule has 0 aliphatic heterocycles. The lowest BCUT2D eigenvalue weighted by Crippen LogP contribution is -2.03. The van der Waals surface area contributed by atoms with Crippen LogP contribution in [-0.2, 0) is 5.33 Å². The quantitative estimate of drug-likeness (QED) is 0.487. The third-order valence-electron chi connectivity index (χ3n) is 1.77. The van der Waals surface area contributed by atoms with E-state index in [1.807, 2.05) is 0 Å². The summed E-state index contributed by atoms with van der Waals surface area (Å²) in [5.41, 5.74) is -1.08. The van der Waals surface area contributed by atoms with Crippen molar-refractivity contribution < 1.29 is 13.7 Å². The second-order valence-electron chi connectivity index (χ2n) is 2.70. The second kappa shape index (κ2) is 4.94. The highest BCUT2D eigenvalue weighted by atomic mass is 79.9. The van der Waals surface area contributed by atoms with Crippen molar-refractivity contribution in [2.24, 2.45) is 0 Å². The first-order valence-electron chi connectivity index (χ1n) is 3.93. The molecule has 1 heterocycles. The van der Waals surface area contributed by atoms with Crippen LogP contribution in [0.3, 0.4) is 0 Å². The minimum Gasteiger partial charge on any atom is -0.358 e. The van der Waals surface area contributed by atoms with E-state index in [2.05, 4.69) is 20.9 Å². The van der Waals surface area contributed by atoms with Crippen molar-refractivity contribution in [3.63, 3.8) is 0 Å². The molecule has 1 aromatic rings. The van der Waals surface area contributed by atoms with Gasteiger partial charge in [-0.3, -0.25) is 0 Å². The van der Waals surface area contributed by atoms with Gasteiger partial charge in [-0.05, 0) is 16.0 Å². The van der Waals surface area contributed by atoms with E-state index in [1.54, 1.807) is 0 Å². The summed E-state index contributed by atoms with van der Waals surface area (Å²) in [6.45, 7) is 0. The summed E-state index contributed by atoms with van der Waals surface area (Å²) in [7, 11) is 0. The van der Waals surface area contributed by atoms with Crippen LogP contribution in [0.2, 0.25) is 0 Å². The van der Waals surface area contributed by atoms with Gasteiger partial charge in [-0.15, -0.1) is 0 Å². The number of hydrogen-bond acceptors (Lipinski definition) is 4. The fourth-order valence-corrected chi connectivity index (χ4v) is 1.52. The zero-order valence-corrected chi connectivity index (χ0v) is 9.24. The molecule has 0 unspecified atom stereocenters. The van der Waals surface area contributed by atoms with E-state index in [1.165, 1.54) is 6.07 Å². The Bertz CT molecular complexity index is 473. The first-order valence-corrected chi connectivity index (χ1v) is 5.05. The van der Waals surface area contributed by atoms with Gasteiger partial charge in [0.25, 0.3) is 6.43 Å². The van der Waals surface area contributed by atoms with Crippen LogP contribution in [0.4, 0.5) is 14.6 Å². The van der Waals surface area contributed by atoms with Gasteiger partial charge in [0.1, 0.15) is 6.07 Å². The Balaban J connectivity index is 3.48. The molecule has 0 aliphatic carbocycles. The maximum Gasteiger partial charge on any atom is 0.381 e. The van der Waals surface area contributed by atoms with Gasteiger partial charge in [-0.25, -0.2) is 8.78 Å². The zero-order valence-electron chi connectivity index (χ0n) is 7.65. The molecule has 84 valence electrons. The van der Waals surface area contributed by atoms with Gasteiger partial charge in [0.05, 0.1) is 10.9 Å². The summed E-state index contributed by atoms with van der Waals surface area (Å²) in [6, 6.07) is 2.27. The predicted octanol–water partition coefficient (Wildman–Crippen LogP) is 2.69. The van der Waals surface area contributed by atoms with Gasteiger partial charge >= 0.3 is 5.82 Å². The van der Waals surface area contributed by atoms with Crippen LogP contribution in [0.15, 0.2) is 6.07 Å². The van der Waals surface area contributed by atoms with E-state index in [9.17, 15) is 18.9 Å². The summed E-state index contributed by atoms with van der Waals surface area (Å²) in [5.74, 6) is -0.707. The highest BCUT2D eigenvalue weighted by Crippen LogP contribution is 2.28. The topological polar surface area (TPSA) is 79.8 Å². The van der Waals surface area contributed by atoms with Crippen LogP contribution in [0.5, 0.6) is 0 Å². The van der Waals surface area contributed by atoms with Gasteiger partial charge in [0.2, 0.25) is 0 Å². The number of nitro groups is 1. The summed E-state index contributed by atoms with van der Waals surface area (Å²) < 4.78 is 25.0. The number of hydrogen-bond donors (Lipinski definition) is 0. The second-order valence-corrected chi connectivity index (χ2v) is 3.26. The van der Waals surface area contributed by atoms with Gasteiger partial charge in [0, 0.05) is 0 Å². The first kappa shape index (κ1) is 12.4. The fraction of sp³-hybridized carbons (Fsp3) is 0.250. The van der Waals surface area contributed by atoms with Crippen LogP contribution in [0.1, 0.15) is 23.2 Å². The number of alkyl halides is 3. The van der Waals surface area contributed by atoms with Crippen LogP contribution < -0.4 is 0 Å². The summed E-state index contributed by atoms with van der Waals surface area (Å²) in [5, 5.41) is 19.1. The number of pyridine rings is 1. The van der Waals surface area contributed by atoms with Gasteiger partial charge in [0.15, 0.2) is 11.3 Å². The molecule has 5 nitrogen and oxygen atoms in total. The van der Waals surface area contributed by atoms with E-state index in [0.717, 1.165) is 6.07 Å². The molecule has 8 heteroatoms. The normalized spacial score (nSPS) is 10.2. The Morgan fingerprint density at radius 3 is 2.69 bits per heavy atom. The fourth-order valence-electron chi connectivity index (χ4n) is 1.07. The average Bonchev–Trinajstić information content (AvgIpc) is 2.26. The molecule has 1 aromatic heterocycles. The Hall–Kier alpha value is -1.62. The van der Waals surface area contributed by atoms with Crippen LogP contribution in [0.25, 0.3) is 0 Å². The number of rotatable bonds is 3. The molecular formula is C8H4BrF2N3O2. The number of aromatic nitrogens is 1. The molecule has 0 aromatic carbocycles. The molecule has 0 saturated carbocycles. The molecule has 0 radical (unpaired) electrons. The van der Waals surface area contributed by atoms with Crippen molar-refractivity contribution in [3.05, 3.63) is 33.0 Å². The molecule has 0 aliphatic rings. The van der Waals surface area contributed by atoms with Gasteiger partial charge in [-0.1, -0.05) is 15.9 Å². The Kier molecular flexibility index (Phi) is 3.84. The first-order chi connectivity index (χ1) is 7.51. The van der Waals surface area contributed by atoms with E-state index in [0.29, 0.717) is 0 Å². The Morgan fingerprint density at radius 2 is 2.31 bits per heavy atom. The van der Waals surface area contributed by atoms with Crippen molar-refractivity contribution in [1.82, 2.24) is 4.98 Å². The molecule has 16 heavy (non-hydrogen) atoms. The SMILES string of the molecule is N#Cc1cc(C(F)F)c(CBr)nc1[N+](=O)[O-]. The molecule has 0 atom stereocenters. The summed E-state index contributed by atoms with van der Waals surface area (Å²) >= 11 is 2.91. The third-order valence-corrected chi connectivity index (χ3v) is 2.30. The van der Waals surface area contributed by atoms with Gasteiger partial charge < -0.3 is 10.1 Å². The third kappa shape index (κ3) is 2.30. The van der Waals surface area contributed by atoms with Crippen molar-refractivity contribution in [1.29, 1.82) is 5.26 Å². The van der Waals surface area contributed by atoms with Crippen molar-refractivity contribution in [2.45, 2.75) is 11.8 Å². The van der Waals surface area contributed by atoms with Crippen molar-refractivity contribution in [2.75, 3.05) is 0 Å². The van der Waals surface area contributed by atoms with E-state index < -0.39 is 28.3 Å². The van der Waals surface area contributed by atoms with E-state index >= 15 is 0 Å². The Morgan fingerprint density at radius 1 is 1.69 bits per heavy atom. The molecule has 0 amide bonds. The molecule has 0 N–H and O–H groups in total. The smallest absolute Gasteiger partial charge is 0.358 e. The molecule has 0 saturated heterocycles. The lowest BCUT2D eigenvalue weighted by atomic mass is 10.1. The van der Waals surface area contributed by atoms with Crippen LogP contribution in [0, 0.1) is 21.4 Å². The standard InChI is InChI=1S/C8H4BrF2N3O2/c9-2-6-5(7(10)11)1-4(3-12)8(13-6)14(15)16/h1,7H,2H2. The molecule has 0 bridgehead atoms. The number of nitrogens with zero attached hydrogens (tertiary/aromatic N) is 3. The largest absolute Gasteiger partial charge is 0.381 e. The van der Waals surface area contributed by atoms with E-state index in [-0.39, 0.29) is 11.0 Å². The molecule has 0 spiro atoms. The van der Waals surface area contributed by atoms with Crippen molar-refractivity contribution >= 4 is 21.7 Å². The summed E-state index contributed by atoms with van der Waals surface area (Å²) in [4.78, 5) is 13.1. The minimum absolute atomic E-state index is 0.0424. The summed E-state index contributed by atoms with van der Waals surface area (Å²) in [6.07, 6.45) is -2.83. The number of nitriles is 1. The average molecular weight is 292 g/mol. The van der Waals surface area contributed by atoms with Crippen molar-refractivity contribution in [3.8, 4) is 6.07 Å². The van der Waals surface area contributed by atoms with Crippen LogP contribution >= 0.6 is 15.9 Å². The highest BCUT2D eigenvalue weighted by Gasteiger charge is 2.25. The lowest BCUT2D eigenvalue weighted by molar-refractivity contribution is -0.389. The maximum atomic E-state index is 12.5. The van der Waals surface area contributed by atoms with Gasteiger partial charge in [-0.2, -0.15) is 5.26 Å². The Labute approximate surface area is 97.0 Å². The highest BCUT2D eigenvalue weighted by molar-refractivity contribution is 9.08. The van der Waals surface area contributed by atoms with Crippen LogP contribution in [-0.4, -0.2) is 9.91 Å². The predicted molar refractivity (Wildman–Crippen MR) is 53.2 cm³/mol. The number of halogens is 3. The molecule has 1 rings (SSSR count). The zero-order chi connectivity index (χ0) is 12.3. The minimum atomic E-state index is -2.83. The molecular weight excluding hydrogens is 288 g/mol.